The topological polar surface area (TPSA) is 312 Å². The number of cyclic esters (lactones) is 1. The smallest absolute Gasteiger partial charge is 0.329 e. The zero-order chi connectivity index (χ0) is 60.3. The Labute approximate surface area is 480 Å². The van der Waals surface area contributed by atoms with E-state index in [0.29, 0.717) is 50.5 Å². The minimum Gasteiger partial charge on any atom is -0.469 e. The van der Waals surface area contributed by atoms with Gasteiger partial charge in [-0.2, -0.15) is 0 Å². The van der Waals surface area contributed by atoms with Gasteiger partial charge < -0.3 is 64.8 Å². The lowest BCUT2D eigenvalue weighted by molar-refractivity contribution is -0.263. The average Bonchev–Trinajstić information content (AvgIpc) is 2.78. The van der Waals surface area contributed by atoms with Crippen molar-refractivity contribution in [2.45, 2.75) is 179 Å². The molecular formula is C58H87N7O17. The number of esters is 3. The van der Waals surface area contributed by atoms with E-state index in [4.69, 9.17) is 18.9 Å². The van der Waals surface area contributed by atoms with Crippen molar-refractivity contribution in [2.24, 2.45) is 23.7 Å². The van der Waals surface area contributed by atoms with E-state index in [-0.39, 0.29) is 89.3 Å². The highest BCUT2D eigenvalue weighted by Gasteiger charge is 2.53. The van der Waals surface area contributed by atoms with Crippen LogP contribution in [0.25, 0.3) is 0 Å². The number of ketones is 1. The van der Waals surface area contributed by atoms with Crippen LogP contribution in [0.4, 0.5) is 0 Å². The maximum atomic E-state index is 14.4. The molecule has 24 heteroatoms. The normalized spacial score (nSPS) is 29.2. The van der Waals surface area contributed by atoms with E-state index in [9.17, 15) is 57.8 Å². The number of ether oxygens (including phenoxy) is 5. The van der Waals surface area contributed by atoms with Crippen molar-refractivity contribution in [2.75, 3.05) is 61.0 Å². The Morgan fingerprint density at radius 3 is 2.18 bits per heavy atom. The minimum absolute atomic E-state index is 0.00298. The molecule has 5 rings (SSSR count). The Balaban J connectivity index is 1.38. The van der Waals surface area contributed by atoms with Crippen molar-refractivity contribution >= 4 is 65.0 Å². The molecule has 0 spiro atoms. The first-order valence-corrected chi connectivity index (χ1v) is 28.8. The van der Waals surface area contributed by atoms with Crippen LogP contribution in [-0.2, 0) is 82.8 Å². The molecule has 7 amide bonds. The molecule has 0 aromatic heterocycles. The fourth-order valence-corrected chi connectivity index (χ4v) is 11.2. The first-order valence-electron chi connectivity index (χ1n) is 28.8. The van der Waals surface area contributed by atoms with Gasteiger partial charge in [0.15, 0.2) is 0 Å². The molecule has 4 aliphatic rings. The van der Waals surface area contributed by atoms with Crippen LogP contribution in [0, 0.1) is 23.7 Å². The largest absolute Gasteiger partial charge is 0.469 e. The summed E-state index contributed by atoms with van der Waals surface area (Å²) in [5, 5.41) is 22.8. The van der Waals surface area contributed by atoms with Crippen molar-refractivity contribution < 1.29 is 81.5 Å². The summed E-state index contributed by atoms with van der Waals surface area (Å²) < 4.78 is 28.3. The number of aliphatic hydroxyl groups is 1. The molecule has 24 nitrogen and oxygen atoms in total. The second-order valence-corrected chi connectivity index (χ2v) is 22.8. The average molecular weight is 1150 g/mol. The van der Waals surface area contributed by atoms with Crippen LogP contribution in [0.1, 0.15) is 130 Å². The Morgan fingerprint density at radius 2 is 1.50 bits per heavy atom. The predicted molar refractivity (Wildman–Crippen MR) is 294 cm³/mol. The number of carbonyl (C=O) groups excluding carboxylic acids is 11. The van der Waals surface area contributed by atoms with Gasteiger partial charge in [0.05, 0.1) is 51.7 Å². The molecule has 11 atom stereocenters. The highest BCUT2D eigenvalue weighted by Crippen LogP contribution is 2.37. The summed E-state index contributed by atoms with van der Waals surface area (Å²) in [6, 6.07) is 5.45. The number of benzene rings is 1. The zero-order valence-electron chi connectivity index (χ0n) is 48.9. The van der Waals surface area contributed by atoms with E-state index in [1.807, 2.05) is 20.8 Å². The van der Waals surface area contributed by atoms with Crippen LogP contribution < -0.4 is 21.3 Å². The van der Waals surface area contributed by atoms with Gasteiger partial charge in [-0.05, 0) is 93.9 Å². The molecule has 0 unspecified atom stereocenters. The van der Waals surface area contributed by atoms with Crippen LogP contribution in [-0.4, -0.2) is 194 Å². The molecule has 456 valence electrons. The molecule has 1 aliphatic carbocycles. The Hall–Kier alpha value is -6.53. The van der Waals surface area contributed by atoms with E-state index in [2.05, 4.69) is 26.0 Å². The molecule has 0 radical (unpaired) electrons. The van der Waals surface area contributed by atoms with Gasteiger partial charge in [-0.3, -0.25) is 47.9 Å². The molecule has 3 saturated heterocycles. The lowest BCUT2D eigenvalue weighted by Crippen LogP contribution is -2.60. The molecule has 82 heavy (non-hydrogen) atoms. The number of nitrogens with zero attached hydrogens (tertiary/aromatic N) is 3. The van der Waals surface area contributed by atoms with Gasteiger partial charge in [0.2, 0.25) is 41.2 Å². The third kappa shape index (κ3) is 19.3. The quantitative estimate of drug-likeness (QED) is 0.113. The van der Waals surface area contributed by atoms with Crippen LogP contribution >= 0.6 is 0 Å². The highest BCUT2D eigenvalue weighted by molar-refractivity contribution is 6.39. The van der Waals surface area contributed by atoms with Gasteiger partial charge >= 0.3 is 17.9 Å². The summed E-state index contributed by atoms with van der Waals surface area (Å²) in [6.45, 7) is 6.07. The predicted octanol–water partition coefficient (Wildman–Crippen LogP) is 1.65. The first-order chi connectivity index (χ1) is 38.9. The standard InChI is InChI=1S/C58H87N7O17/c1-35(2)28-43-54(73)62-41(30-38-14-10-9-11-15-38)55(74)63(5)34-49(68)60-26-25-59-48(67)32-45(36(3)29-39-18-21-44(46(31-39)78-7)80-52(71)24-23-51(70)79-8)81-57(76)42-16-12-13-27-65(42)56(75)53(72)58(77)37(4)17-19-40(82-58)20-22-47(66)61-33-50(69)64(43)6/h9-11,14-15,35-37,39-46,77H,12-13,16-34H2,1-8H3,(H,59,67)(H,60,68)(H,61,66)(H,62,73)/t36-,37-,39-,40-,41+,42+,43+,44-,45-,46-,58-/m1/s1. The van der Waals surface area contributed by atoms with Gasteiger partial charge in [-0.15, -0.1) is 0 Å². The number of methoxy groups -OCH3 is 2. The van der Waals surface area contributed by atoms with Crippen LogP contribution in [0.2, 0.25) is 0 Å². The van der Waals surface area contributed by atoms with Crippen molar-refractivity contribution in [3.05, 3.63) is 35.9 Å². The summed E-state index contributed by atoms with van der Waals surface area (Å²) in [6.07, 6.45) is -0.0553. The fraction of sp³-hybridized carbons (Fsp3) is 0.707. The Bertz CT molecular complexity index is 2410. The number of carbonyl (C=O) groups is 11. The molecule has 3 aliphatic heterocycles. The number of Topliss-reactive ketones (excluding diaryl/α,β-unsaturated/α-hetero) is 1. The number of hydrogen-bond acceptors (Lipinski definition) is 17. The molecule has 3 heterocycles. The molecular weight excluding hydrogens is 1070 g/mol. The summed E-state index contributed by atoms with van der Waals surface area (Å²) >= 11 is 0. The van der Waals surface area contributed by atoms with Gasteiger partial charge in [0.25, 0.3) is 11.7 Å². The van der Waals surface area contributed by atoms with Crippen LogP contribution in [0.3, 0.4) is 0 Å². The van der Waals surface area contributed by atoms with E-state index in [1.54, 1.807) is 37.3 Å². The molecule has 2 bridgehead atoms. The van der Waals surface area contributed by atoms with Crippen molar-refractivity contribution in [3.8, 4) is 0 Å². The Morgan fingerprint density at radius 1 is 0.805 bits per heavy atom. The van der Waals surface area contributed by atoms with Gasteiger partial charge in [0, 0.05) is 59.6 Å². The number of fused-ring (bicyclic) bond motifs is 3. The second-order valence-electron chi connectivity index (χ2n) is 22.8. The minimum atomic E-state index is -2.61. The van der Waals surface area contributed by atoms with E-state index >= 15 is 0 Å². The monoisotopic (exact) mass is 1150 g/mol. The molecule has 4 fully saturated rings. The third-order valence-electron chi connectivity index (χ3n) is 16.1. The lowest BCUT2D eigenvalue weighted by Gasteiger charge is -2.42. The summed E-state index contributed by atoms with van der Waals surface area (Å²) in [5.41, 5.74) is 0.716. The third-order valence-corrected chi connectivity index (χ3v) is 16.1. The molecule has 1 saturated carbocycles. The van der Waals surface area contributed by atoms with Crippen LogP contribution in [0.5, 0.6) is 0 Å². The fourth-order valence-electron chi connectivity index (χ4n) is 11.2. The molecule has 1 aromatic rings. The number of nitrogens with one attached hydrogen (secondary N) is 4. The van der Waals surface area contributed by atoms with Gasteiger partial charge in [0.1, 0.15) is 30.3 Å². The number of piperidine rings is 1. The SMILES string of the molecule is COC(=O)CCC(=O)O[C@@H]1CC[C@H](C[C@@H](C)[C@H]2CC(=O)NCCNC(=O)CN(C)C(=O)[C@H](Cc3ccccc3)NC(=O)[C@H](CC(C)C)N(C)C(=O)CNC(=O)CC[C@H]3CC[C@@H](C)[C@@](O)(O3)C(=O)C(=O)N3CCCC[C@H]3C(=O)O2)C[C@H]1OC. The number of likely N-dealkylation sites (N-methyl/N-ethyl adjacent to an activating group) is 2. The number of amides is 7. The van der Waals surface area contributed by atoms with E-state index in [1.165, 1.54) is 38.1 Å². The molecule has 5 N–H and O–H groups in total. The van der Waals surface area contributed by atoms with Gasteiger partial charge in [-0.1, -0.05) is 58.0 Å². The van der Waals surface area contributed by atoms with Crippen molar-refractivity contribution in [3.63, 3.8) is 0 Å². The summed E-state index contributed by atoms with van der Waals surface area (Å²) in [7, 11) is 5.57. The van der Waals surface area contributed by atoms with Crippen molar-refractivity contribution in [1.82, 2.24) is 36.0 Å². The number of hydrogen-bond donors (Lipinski definition) is 5. The van der Waals surface area contributed by atoms with E-state index in [0.717, 1.165) is 4.90 Å². The summed E-state index contributed by atoms with van der Waals surface area (Å²) in [4.78, 5) is 153. The maximum absolute atomic E-state index is 14.4. The Kier molecular flexibility index (Phi) is 25.7. The molecule has 1 aromatic carbocycles. The van der Waals surface area contributed by atoms with Crippen molar-refractivity contribution in [1.29, 1.82) is 0 Å². The van der Waals surface area contributed by atoms with Gasteiger partial charge in [-0.25, -0.2) is 4.79 Å². The van der Waals surface area contributed by atoms with Crippen LogP contribution in [0.15, 0.2) is 30.3 Å². The lowest BCUT2D eigenvalue weighted by atomic mass is 9.78. The number of rotatable bonds is 12. The maximum Gasteiger partial charge on any atom is 0.329 e. The highest BCUT2D eigenvalue weighted by atomic mass is 16.6. The zero-order valence-corrected chi connectivity index (χ0v) is 48.9. The second kappa shape index (κ2) is 31.8. The van der Waals surface area contributed by atoms with E-state index < -0.39 is 138 Å². The summed E-state index contributed by atoms with van der Waals surface area (Å²) in [5.74, 6) is -12.0. The first kappa shape index (κ1) is 66.3.